The van der Waals surface area contributed by atoms with Crippen LogP contribution >= 0.6 is 0 Å². The first kappa shape index (κ1) is 84.5. The maximum atomic E-state index is 12.4. The molecular weight excluding hydrogens is 1560 g/mol. The maximum absolute atomic E-state index is 12.4. The standard InChI is InChI=1S/C29H33N9O3.C26H31N8O.C24H25N9O.C9H18N2O2/c1-20-15-22(5-6-24(20)40-23-8-10-37-25(16-23)30-18-32-37)34-27-26-21(7-9-38(26)33-19-31-27)17-35-11-13-36(14-12-35)28(39)41-29(2,3)4;1-5-34(6-2,7-3)16-20-10-12-33-25(20)26(28-18-30-33)31-21-8-9-23(19(4)14-21)35-22-11-13-32-24(15-22)27-17-29-32;1-17-12-19(2-3-21(17)34-20-5-9-32-22(13-20)26-15-28-32)30-24-23-18(4-8-33(23)29-16-27-24)14-31-10-6-25-7-11-31;1-9(2,3)13-8(12)11-6-4-10-5-7-11/h5-10,15-16,18-19H,11-14,17H2,1-4H3,(H,31,33,34);8-15,17-18H,5-7,16H2,1-4H3,(H,28,30,31);2-5,8-9,12-13,15-16,25H,6-7,10-11,14H2,1H3,(H,27,29,30);10H,4-7H2,1-3H3/q;+1;;. The van der Waals surface area contributed by atoms with E-state index in [4.69, 9.17) is 23.7 Å². The van der Waals surface area contributed by atoms with Crippen LogP contribution in [0, 0.1) is 20.8 Å². The summed E-state index contributed by atoms with van der Waals surface area (Å²) in [4.78, 5) is 58.6. The third kappa shape index (κ3) is 21.1. The Bertz CT molecular complexity index is 6130. The summed E-state index contributed by atoms with van der Waals surface area (Å²) in [5, 5.41) is 42.7. The Balaban J connectivity index is 0.000000134. The molecule has 35 heteroatoms. The molecule has 3 saturated heterocycles. The molecule has 15 aromatic rings. The Hall–Kier alpha value is -13.5. The first-order chi connectivity index (χ1) is 59.5. The van der Waals surface area contributed by atoms with Crippen LogP contribution in [0.5, 0.6) is 34.5 Å². The molecule has 2 amide bonds. The van der Waals surface area contributed by atoms with Gasteiger partial charge < -0.3 is 64.6 Å². The van der Waals surface area contributed by atoms with Crippen molar-refractivity contribution < 1.29 is 37.8 Å². The van der Waals surface area contributed by atoms with Gasteiger partial charge in [-0.25, -0.2) is 66.6 Å². The summed E-state index contributed by atoms with van der Waals surface area (Å²) in [7, 11) is 0. The summed E-state index contributed by atoms with van der Waals surface area (Å²) >= 11 is 0. The van der Waals surface area contributed by atoms with Gasteiger partial charge >= 0.3 is 12.2 Å². The van der Waals surface area contributed by atoms with Crippen LogP contribution in [0.2, 0.25) is 0 Å². The fourth-order valence-corrected chi connectivity index (χ4v) is 14.9. The first-order valence-electron chi connectivity index (χ1n) is 41.6. The van der Waals surface area contributed by atoms with Crippen molar-refractivity contribution >= 4 is 80.2 Å². The zero-order valence-electron chi connectivity index (χ0n) is 71.7. The average molecular weight is 1670 g/mol. The highest BCUT2D eigenvalue weighted by Gasteiger charge is 2.29. The SMILES string of the molecule is CC(C)(C)OC(=O)N1CCNCC1.CC[N+](CC)(CC)Cc1ccn2ncnc(Nc3ccc(Oc4ccn5ncnc5c4)c(C)c3)c12.Cc1cc(Nc2ncnn3ccc(CN4CCN(C(=O)OC(C)(C)C)CC4)c23)ccc1Oc1ccn2ncnc2c1.Cc1cc(Nc2ncnn3ccc(CN4CCNCC4)c23)ccc1Oc1ccn2ncnc2c1. The van der Waals surface area contributed by atoms with E-state index in [1.54, 1.807) is 42.3 Å². The van der Waals surface area contributed by atoms with Gasteiger partial charge in [-0.05, 0) is 202 Å². The number of benzene rings is 3. The van der Waals surface area contributed by atoms with Crippen molar-refractivity contribution in [2.75, 3.05) is 114 Å². The zero-order valence-corrected chi connectivity index (χ0v) is 71.7. The molecule has 3 fully saturated rings. The third-order valence-electron chi connectivity index (χ3n) is 21.7. The van der Waals surface area contributed by atoms with Crippen LogP contribution in [-0.4, -0.2) is 233 Å². The Morgan fingerprint density at radius 3 is 1.06 bits per heavy atom. The molecule has 0 spiro atoms. The van der Waals surface area contributed by atoms with Crippen molar-refractivity contribution in [1.29, 1.82) is 0 Å². The largest absolute Gasteiger partial charge is 0.457 e. The van der Waals surface area contributed by atoms with Crippen molar-refractivity contribution in [1.82, 2.24) is 118 Å². The lowest BCUT2D eigenvalue weighted by Crippen LogP contribution is -2.49. The number of nitrogens with one attached hydrogen (secondary N) is 5. The number of pyridine rings is 3. The van der Waals surface area contributed by atoms with Gasteiger partial charge in [0.25, 0.3) is 0 Å². The normalized spacial score (nSPS) is 14.2. The minimum absolute atomic E-state index is 0.200. The molecule has 3 aromatic carbocycles. The van der Waals surface area contributed by atoms with E-state index in [1.165, 1.54) is 30.1 Å². The van der Waals surface area contributed by atoms with Crippen LogP contribution < -0.4 is 40.8 Å². The number of anilines is 6. The van der Waals surface area contributed by atoms with E-state index in [1.807, 2.05) is 192 Å². The predicted octanol–water partition coefficient (Wildman–Crippen LogP) is 13.5. The molecular formula is C88H107N28O7+. The number of piperazine rings is 3. The second kappa shape index (κ2) is 37.7. The van der Waals surface area contributed by atoms with Gasteiger partial charge in [-0.15, -0.1) is 0 Å². The molecule has 640 valence electrons. The monoisotopic (exact) mass is 1670 g/mol. The number of rotatable bonds is 21. The molecule has 15 heterocycles. The fraction of sp³-hybridized carbons (Fsp3) is 0.364. The van der Waals surface area contributed by atoms with Crippen LogP contribution in [-0.2, 0) is 29.1 Å². The van der Waals surface area contributed by atoms with Gasteiger partial charge in [-0.3, -0.25) is 9.80 Å². The van der Waals surface area contributed by atoms with Gasteiger partial charge in [0.1, 0.15) is 107 Å². The molecule has 0 unspecified atom stereocenters. The number of hydrogen-bond donors (Lipinski definition) is 5. The molecule has 0 bridgehead atoms. The summed E-state index contributed by atoms with van der Waals surface area (Å²) in [6.45, 7) is 40.1. The molecule has 12 aromatic heterocycles. The van der Waals surface area contributed by atoms with E-state index in [9.17, 15) is 9.59 Å². The van der Waals surface area contributed by atoms with Crippen LogP contribution in [0.3, 0.4) is 0 Å². The molecule has 0 radical (unpaired) electrons. The van der Waals surface area contributed by atoms with E-state index in [0.29, 0.717) is 30.3 Å². The molecule has 0 atom stereocenters. The summed E-state index contributed by atoms with van der Waals surface area (Å²) in [6, 6.07) is 35.5. The smallest absolute Gasteiger partial charge is 0.410 e. The van der Waals surface area contributed by atoms with Gasteiger partial charge in [0.15, 0.2) is 34.4 Å². The molecule has 18 rings (SSSR count). The van der Waals surface area contributed by atoms with E-state index >= 15 is 0 Å². The lowest BCUT2D eigenvalue weighted by Gasteiger charge is -2.35. The zero-order chi connectivity index (χ0) is 85.8. The van der Waals surface area contributed by atoms with Crippen molar-refractivity contribution in [2.24, 2.45) is 0 Å². The molecule has 5 N–H and O–H groups in total. The van der Waals surface area contributed by atoms with E-state index < -0.39 is 5.60 Å². The molecule has 123 heavy (non-hydrogen) atoms. The highest BCUT2D eigenvalue weighted by molar-refractivity contribution is 5.79. The van der Waals surface area contributed by atoms with Crippen LogP contribution in [0.1, 0.15) is 95.7 Å². The number of fused-ring (bicyclic) bond motifs is 6. The van der Waals surface area contributed by atoms with Gasteiger partial charge in [0.2, 0.25) is 0 Å². The van der Waals surface area contributed by atoms with Crippen LogP contribution in [0.15, 0.2) is 184 Å². The Labute approximate surface area is 712 Å². The van der Waals surface area contributed by atoms with Crippen molar-refractivity contribution in [3.05, 3.63) is 218 Å². The minimum atomic E-state index is -0.498. The van der Waals surface area contributed by atoms with Gasteiger partial charge in [0.05, 0.1) is 19.6 Å². The Morgan fingerprint density at radius 2 is 0.699 bits per heavy atom. The predicted molar refractivity (Wildman–Crippen MR) is 469 cm³/mol. The first-order valence-corrected chi connectivity index (χ1v) is 41.6. The number of ether oxygens (including phenoxy) is 5. The van der Waals surface area contributed by atoms with Crippen LogP contribution in [0.4, 0.5) is 44.1 Å². The number of aryl methyl sites for hydroxylation is 3. The lowest BCUT2D eigenvalue weighted by molar-refractivity contribution is -0.936. The van der Waals surface area contributed by atoms with Crippen molar-refractivity contribution in [2.45, 2.75) is 114 Å². The lowest BCUT2D eigenvalue weighted by atomic mass is 10.2. The van der Waals surface area contributed by atoms with Crippen molar-refractivity contribution in [3.8, 4) is 34.5 Å². The number of hydrogen-bond acceptors (Lipinski definition) is 26. The minimum Gasteiger partial charge on any atom is -0.457 e. The second-order valence-electron chi connectivity index (χ2n) is 32.6. The molecule has 0 aliphatic carbocycles. The number of amides is 2. The average Bonchev–Trinajstić information content (AvgIpc) is 1.68. The number of aromatic nitrogens is 18. The Kier molecular flexibility index (Phi) is 25.9. The number of carbonyl (C=O) groups is 2. The number of carbonyl (C=O) groups excluding carboxylic acids is 2. The topological polar surface area (TPSA) is 335 Å². The van der Waals surface area contributed by atoms with E-state index in [0.717, 1.165) is 217 Å². The van der Waals surface area contributed by atoms with Crippen LogP contribution in [0.25, 0.3) is 33.5 Å². The van der Waals surface area contributed by atoms with Gasteiger partial charge in [-0.2, -0.15) is 30.6 Å². The highest BCUT2D eigenvalue weighted by Crippen LogP contribution is 2.36. The molecule has 35 nitrogen and oxygen atoms in total. The number of quaternary nitrogens is 1. The maximum Gasteiger partial charge on any atom is 0.410 e. The van der Waals surface area contributed by atoms with Gasteiger partial charge in [-0.1, -0.05) is 0 Å². The number of nitrogens with zero attached hydrogens (tertiary/aromatic N) is 23. The molecule has 3 aliphatic rings. The van der Waals surface area contributed by atoms with E-state index in [-0.39, 0.29) is 17.8 Å². The fourth-order valence-electron chi connectivity index (χ4n) is 14.9. The Morgan fingerprint density at radius 1 is 0.382 bits per heavy atom. The third-order valence-corrected chi connectivity index (χ3v) is 21.7. The second-order valence-corrected chi connectivity index (χ2v) is 32.6. The molecule has 0 saturated carbocycles. The highest BCUT2D eigenvalue weighted by atomic mass is 16.6. The van der Waals surface area contributed by atoms with E-state index in [2.05, 4.69) is 148 Å². The quantitative estimate of drug-likeness (QED) is 0.0417. The molecule has 3 aliphatic heterocycles. The summed E-state index contributed by atoms with van der Waals surface area (Å²) in [5.74, 6) is 6.75. The summed E-state index contributed by atoms with van der Waals surface area (Å²) in [5.41, 5.74) is 13.6. The van der Waals surface area contributed by atoms with Gasteiger partial charge in [0, 0.05) is 170 Å². The van der Waals surface area contributed by atoms with Crippen molar-refractivity contribution in [3.63, 3.8) is 0 Å². The summed E-state index contributed by atoms with van der Waals surface area (Å²) in [6.07, 6.45) is 20.3. The summed E-state index contributed by atoms with van der Waals surface area (Å²) < 4.78 is 40.9.